The van der Waals surface area contributed by atoms with Gasteiger partial charge in [-0.2, -0.15) is 0 Å². The quantitative estimate of drug-likeness (QED) is 0.871. The molecule has 0 unspecified atom stereocenters. The lowest BCUT2D eigenvalue weighted by atomic mass is 10.1. The van der Waals surface area contributed by atoms with Crippen molar-refractivity contribution in [3.63, 3.8) is 0 Å². The average molecular weight is 313 g/mol. The van der Waals surface area contributed by atoms with Crippen LogP contribution in [0.3, 0.4) is 0 Å². The van der Waals surface area contributed by atoms with Gasteiger partial charge in [-0.1, -0.05) is 23.4 Å². The Kier molecular flexibility index (Phi) is 4.22. The summed E-state index contributed by atoms with van der Waals surface area (Å²) in [5.41, 5.74) is 4.26. The summed E-state index contributed by atoms with van der Waals surface area (Å²) >= 11 is 0. The molecule has 0 saturated carbocycles. The molecule has 1 aromatic carbocycles. The first-order chi connectivity index (χ1) is 11.0. The minimum Gasteiger partial charge on any atom is -0.361 e. The third kappa shape index (κ3) is 2.88. The van der Waals surface area contributed by atoms with Crippen molar-refractivity contribution in [2.45, 2.75) is 39.8 Å². The van der Waals surface area contributed by atoms with Crippen LogP contribution in [0.5, 0.6) is 0 Å². The standard InChI is InChI=1S/C18H23N3O2/c1-12-16(14(3)23-19-12)11-20(4)13(2)18(22)21-10-9-15-7-5-6-8-17(15)21/h5-8,13H,9-11H2,1-4H3/t13-/m1/s1. The van der Waals surface area contributed by atoms with Crippen LogP contribution >= 0.6 is 0 Å². The monoisotopic (exact) mass is 313 g/mol. The van der Waals surface area contributed by atoms with Crippen molar-refractivity contribution < 1.29 is 9.32 Å². The molecular weight excluding hydrogens is 290 g/mol. The van der Waals surface area contributed by atoms with Crippen LogP contribution in [0.2, 0.25) is 0 Å². The van der Waals surface area contributed by atoms with E-state index in [4.69, 9.17) is 4.52 Å². The molecule has 0 radical (unpaired) electrons. The van der Waals surface area contributed by atoms with Crippen LogP contribution in [0.25, 0.3) is 0 Å². The molecule has 122 valence electrons. The molecule has 1 atom stereocenters. The molecule has 3 rings (SSSR count). The van der Waals surface area contributed by atoms with Crippen LogP contribution in [-0.4, -0.2) is 35.6 Å². The Morgan fingerprint density at radius 3 is 2.83 bits per heavy atom. The summed E-state index contributed by atoms with van der Waals surface area (Å²) in [4.78, 5) is 16.9. The van der Waals surface area contributed by atoms with E-state index in [2.05, 4.69) is 16.1 Å². The van der Waals surface area contributed by atoms with Gasteiger partial charge < -0.3 is 9.42 Å². The maximum atomic E-state index is 12.9. The van der Waals surface area contributed by atoms with Crippen molar-refractivity contribution in [2.24, 2.45) is 0 Å². The number of anilines is 1. The Morgan fingerprint density at radius 1 is 1.39 bits per heavy atom. The van der Waals surface area contributed by atoms with Crippen molar-refractivity contribution in [3.05, 3.63) is 46.8 Å². The highest BCUT2D eigenvalue weighted by molar-refractivity contribution is 5.98. The second-order valence-corrected chi connectivity index (χ2v) is 6.26. The number of benzene rings is 1. The zero-order valence-electron chi connectivity index (χ0n) is 14.2. The second kappa shape index (κ2) is 6.16. The number of amides is 1. The molecule has 2 heterocycles. The largest absolute Gasteiger partial charge is 0.361 e. The SMILES string of the molecule is Cc1noc(C)c1CN(C)[C@H](C)C(=O)N1CCc2ccccc21. The number of likely N-dealkylation sites (N-methyl/N-ethyl adjacent to an activating group) is 1. The van der Waals surface area contributed by atoms with E-state index in [1.54, 1.807) is 0 Å². The molecule has 23 heavy (non-hydrogen) atoms. The zero-order chi connectivity index (χ0) is 16.6. The summed E-state index contributed by atoms with van der Waals surface area (Å²) in [6.07, 6.45) is 0.933. The van der Waals surface area contributed by atoms with Crippen LogP contribution in [0.4, 0.5) is 5.69 Å². The average Bonchev–Trinajstić information content (AvgIpc) is 3.11. The lowest BCUT2D eigenvalue weighted by Gasteiger charge is -2.28. The van der Waals surface area contributed by atoms with Crippen molar-refractivity contribution in [3.8, 4) is 0 Å². The van der Waals surface area contributed by atoms with Gasteiger partial charge in [-0.05, 0) is 45.9 Å². The van der Waals surface area contributed by atoms with E-state index in [0.717, 1.165) is 35.7 Å². The van der Waals surface area contributed by atoms with Crippen LogP contribution in [0.15, 0.2) is 28.8 Å². The maximum Gasteiger partial charge on any atom is 0.244 e. The molecular formula is C18H23N3O2. The molecule has 0 aliphatic carbocycles. The van der Waals surface area contributed by atoms with E-state index < -0.39 is 0 Å². The number of para-hydroxylation sites is 1. The van der Waals surface area contributed by atoms with E-state index in [1.165, 1.54) is 5.56 Å². The van der Waals surface area contributed by atoms with Crippen molar-refractivity contribution >= 4 is 11.6 Å². The Hall–Kier alpha value is -2.14. The Bertz CT molecular complexity index is 703. The van der Waals surface area contributed by atoms with Gasteiger partial charge in [0.1, 0.15) is 5.76 Å². The van der Waals surface area contributed by atoms with Crippen LogP contribution in [0, 0.1) is 13.8 Å². The summed E-state index contributed by atoms with van der Waals surface area (Å²) in [6, 6.07) is 7.94. The van der Waals surface area contributed by atoms with Crippen molar-refractivity contribution in [1.29, 1.82) is 0 Å². The van der Waals surface area contributed by atoms with Crippen LogP contribution < -0.4 is 4.90 Å². The number of hydrogen-bond donors (Lipinski definition) is 0. The summed E-state index contributed by atoms with van der Waals surface area (Å²) in [5, 5.41) is 3.98. The zero-order valence-corrected chi connectivity index (χ0v) is 14.2. The smallest absolute Gasteiger partial charge is 0.244 e. The number of aromatic nitrogens is 1. The first-order valence-corrected chi connectivity index (χ1v) is 8.00. The Labute approximate surface area is 136 Å². The second-order valence-electron chi connectivity index (χ2n) is 6.26. The van der Waals surface area contributed by atoms with Gasteiger partial charge in [0.15, 0.2) is 0 Å². The number of fused-ring (bicyclic) bond motifs is 1. The summed E-state index contributed by atoms with van der Waals surface area (Å²) in [6.45, 7) is 7.22. The maximum absolute atomic E-state index is 12.9. The molecule has 0 spiro atoms. The molecule has 0 fully saturated rings. The van der Waals surface area contributed by atoms with Crippen LogP contribution in [-0.2, 0) is 17.8 Å². The minimum atomic E-state index is -0.199. The number of rotatable bonds is 4. The predicted molar refractivity (Wildman–Crippen MR) is 89.4 cm³/mol. The summed E-state index contributed by atoms with van der Waals surface area (Å²) < 4.78 is 5.21. The fourth-order valence-electron chi connectivity index (χ4n) is 3.10. The predicted octanol–water partition coefficient (Wildman–Crippen LogP) is 2.70. The van der Waals surface area contributed by atoms with E-state index >= 15 is 0 Å². The van der Waals surface area contributed by atoms with E-state index in [1.807, 2.05) is 50.9 Å². The van der Waals surface area contributed by atoms with Crippen LogP contribution in [0.1, 0.15) is 29.5 Å². The van der Waals surface area contributed by atoms with Gasteiger partial charge >= 0.3 is 0 Å². The van der Waals surface area contributed by atoms with Gasteiger partial charge in [0.05, 0.1) is 11.7 Å². The summed E-state index contributed by atoms with van der Waals surface area (Å²) in [7, 11) is 1.97. The molecule has 1 aliphatic rings. The van der Waals surface area contributed by atoms with Gasteiger partial charge in [0, 0.05) is 24.3 Å². The number of nitrogens with zero attached hydrogens (tertiary/aromatic N) is 3. The Balaban J connectivity index is 1.73. The fourth-order valence-corrected chi connectivity index (χ4v) is 3.10. The molecule has 5 heteroatoms. The summed E-state index contributed by atoms with van der Waals surface area (Å²) in [5.74, 6) is 0.963. The van der Waals surface area contributed by atoms with Gasteiger partial charge in [-0.15, -0.1) is 0 Å². The normalized spacial score (nSPS) is 15.1. The van der Waals surface area contributed by atoms with Gasteiger partial charge in [0.25, 0.3) is 0 Å². The van der Waals surface area contributed by atoms with E-state index in [0.29, 0.717) is 6.54 Å². The third-order valence-corrected chi connectivity index (χ3v) is 4.76. The number of hydrogen-bond acceptors (Lipinski definition) is 4. The lowest BCUT2D eigenvalue weighted by molar-refractivity contribution is -0.122. The van der Waals surface area contributed by atoms with Crippen molar-refractivity contribution in [1.82, 2.24) is 10.1 Å². The molecule has 1 aliphatic heterocycles. The molecule has 0 N–H and O–H groups in total. The lowest BCUT2D eigenvalue weighted by Crippen LogP contribution is -2.45. The van der Waals surface area contributed by atoms with Gasteiger partial charge in [-0.25, -0.2) is 0 Å². The first-order valence-electron chi connectivity index (χ1n) is 8.00. The first kappa shape index (κ1) is 15.7. The van der Waals surface area contributed by atoms with Crippen molar-refractivity contribution in [2.75, 3.05) is 18.5 Å². The van der Waals surface area contributed by atoms with Gasteiger partial charge in [0.2, 0.25) is 5.91 Å². The van der Waals surface area contributed by atoms with E-state index in [-0.39, 0.29) is 11.9 Å². The molecule has 1 amide bonds. The molecule has 0 bridgehead atoms. The minimum absolute atomic E-state index is 0.143. The number of aryl methyl sites for hydroxylation is 2. The van der Waals surface area contributed by atoms with Gasteiger partial charge in [-0.3, -0.25) is 9.69 Å². The van der Waals surface area contributed by atoms with E-state index in [9.17, 15) is 4.79 Å². The molecule has 0 saturated heterocycles. The highest BCUT2D eigenvalue weighted by Gasteiger charge is 2.30. The molecule has 2 aromatic rings. The Morgan fingerprint density at radius 2 is 2.13 bits per heavy atom. The topological polar surface area (TPSA) is 49.6 Å². The fraction of sp³-hybridized carbons (Fsp3) is 0.444. The molecule has 1 aromatic heterocycles. The number of carbonyl (C=O) groups is 1. The molecule has 5 nitrogen and oxygen atoms in total. The highest BCUT2D eigenvalue weighted by Crippen LogP contribution is 2.28. The number of carbonyl (C=O) groups excluding carboxylic acids is 1. The third-order valence-electron chi connectivity index (χ3n) is 4.76. The highest BCUT2D eigenvalue weighted by atomic mass is 16.5.